The van der Waals surface area contributed by atoms with E-state index in [2.05, 4.69) is 23.5 Å². The quantitative estimate of drug-likeness (QED) is 0.860. The van der Waals surface area contributed by atoms with Crippen molar-refractivity contribution in [2.24, 2.45) is 11.1 Å². The summed E-state index contributed by atoms with van der Waals surface area (Å²) >= 11 is 1.61. The van der Waals surface area contributed by atoms with Crippen molar-refractivity contribution in [1.29, 1.82) is 0 Å². The molecule has 3 rings (SSSR count). The monoisotopic (exact) mass is 248 g/mol. The first kappa shape index (κ1) is 11.1. The third-order valence-corrected chi connectivity index (χ3v) is 4.72. The number of nitrogens with two attached hydrogens (primary N) is 1. The van der Waals surface area contributed by atoms with Gasteiger partial charge in [0.15, 0.2) is 0 Å². The predicted octanol–water partition coefficient (Wildman–Crippen LogP) is 2.01. The van der Waals surface area contributed by atoms with Gasteiger partial charge in [-0.25, -0.2) is 0 Å². The van der Waals surface area contributed by atoms with Crippen molar-refractivity contribution in [3.8, 4) is 0 Å². The summed E-state index contributed by atoms with van der Waals surface area (Å²) in [5, 5.41) is 2.93. The maximum Gasteiger partial charge on any atom is 0.234 e. The summed E-state index contributed by atoms with van der Waals surface area (Å²) in [4.78, 5) is 12.5. The number of fused-ring (bicyclic) bond motifs is 1. The van der Waals surface area contributed by atoms with E-state index in [1.165, 1.54) is 23.3 Å². The van der Waals surface area contributed by atoms with E-state index < -0.39 is 0 Å². The minimum absolute atomic E-state index is 0.0969. The number of benzene rings is 1. The Morgan fingerprint density at radius 1 is 1.41 bits per heavy atom. The van der Waals surface area contributed by atoms with Crippen molar-refractivity contribution in [3.05, 3.63) is 23.8 Å². The van der Waals surface area contributed by atoms with E-state index in [0.29, 0.717) is 11.2 Å². The lowest BCUT2D eigenvalue weighted by molar-refractivity contribution is -0.113. The third kappa shape index (κ3) is 2.19. The predicted molar refractivity (Wildman–Crippen MR) is 70.2 cm³/mol. The van der Waals surface area contributed by atoms with Crippen molar-refractivity contribution in [3.63, 3.8) is 0 Å². The Labute approximate surface area is 105 Å². The highest BCUT2D eigenvalue weighted by atomic mass is 32.2. The van der Waals surface area contributed by atoms with Crippen LogP contribution in [-0.2, 0) is 11.2 Å². The molecular formula is C13H16N2OS. The maximum atomic E-state index is 11.3. The van der Waals surface area contributed by atoms with Gasteiger partial charge < -0.3 is 11.1 Å². The van der Waals surface area contributed by atoms with Crippen LogP contribution in [0.1, 0.15) is 18.4 Å². The van der Waals surface area contributed by atoms with Crippen LogP contribution in [0.2, 0.25) is 0 Å². The van der Waals surface area contributed by atoms with Gasteiger partial charge in [0, 0.05) is 4.90 Å². The molecule has 2 aliphatic rings. The molecule has 0 unspecified atom stereocenters. The Morgan fingerprint density at radius 3 is 2.94 bits per heavy atom. The van der Waals surface area contributed by atoms with Gasteiger partial charge in [-0.05, 0) is 48.9 Å². The molecule has 17 heavy (non-hydrogen) atoms. The van der Waals surface area contributed by atoms with Crippen molar-refractivity contribution in [1.82, 2.24) is 0 Å². The molecule has 3 nitrogen and oxygen atoms in total. The Morgan fingerprint density at radius 2 is 2.24 bits per heavy atom. The normalized spacial score (nSPS) is 20.6. The first-order valence-electron chi connectivity index (χ1n) is 5.96. The molecule has 1 aliphatic carbocycles. The number of anilines is 1. The van der Waals surface area contributed by atoms with Crippen LogP contribution in [0.3, 0.4) is 0 Å². The average molecular weight is 248 g/mol. The molecule has 0 saturated heterocycles. The van der Waals surface area contributed by atoms with Crippen LogP contribution in [0.25, 0.3) is 0 Å². The van der Waals surface area contributed by atoms with Gasteiger partial charge in [0.05, 0.1) is 11.4 Å². The molecule has 1 aromatic carbocycles. The smallest absolute Gasteiger partial charge is 0.234 e. The molecule has 0 aromatic heterocycles. The highest BCUT2D eigenvalue weighted by molar-refractivity contribution is 8.00. The molecule has 0 spiro atoms. The van der Waals surface area contributed by atoms with E-state index in [1.807, 2.05) is 0 Å². The van der Waals surface area contributed by atoms with Gasteiger partial charge in [0.2, 0.25) is 5.91 Å². The second kappa shape index (κ2) is 4.03. The number of rotatable bonds is 3. The van der Waals surface area contributed by atoms with Gasteiger partial charge in [0.1, 0.15) is 0 Å². The molecule has 0 radical (unpaired) electrons. The topological polar surface area (TPSA) is 55.1 Å². The van der Waals surface area contributed by atoms with Crippen molar-refractivity contribution in [2.75, 3.05) is 17.6 Å². The zero-order chi connectivity index (χ0) is 11.9. The SMILES string of the molecule is NCC1(Cc2ccc3c(c2)NC(=O)CS3)CC1. The van der Waals surface area contributed by atoms with E-state index in [4.69, 9.17) is 5.73 Å². The summed E-state index contributed by atoms with van der Waals surface area (Å²) in [5.41, 5.74) is 8.41. The number of carbonyl (C=O) groups excluding carboxylic acids is 1. The van der Waals surface area contributed by atoms with Gasteiger partial charge in [-0.3, -0.25) is 4.79 Å². The summed E-state index contributed by atoms with van der Waals surface area (Å²) in [6.07, 6.45) is 3.51. The molecule has 1 saturated carbocycles. The lowest BCUT2D eigenvalue weighted by atomic mass is 9.96. The lowest BCUT2D eigenvalue weighted by Gasteiger charge is -2.18. The second-order valence-electron chi connectivity index (χ2n) is 5.05. The maximum absolute atomic E-state index is 11.3. The Bertz CT molecular complexity index is 468. The van der Waals surface area contributed by atoms with Gasteiger partial charge in [-0.1, -0.05) is 6.07 Å². The molecule has 3 N–H and O–H groups in total. The van der Waals surface area contributed by atoms with Gasteiger partial charge in [-0.15, -0.1) is 11.8 Å². The second-order valence-corrected chi connectivity index (χ2v) is 6.07. The Balaban J connectivity index is 1.83. The molecule has 0 bridgehead atoms. The van der Waals surface area contributed by atoms with E-state index in [-0.39, 0.29) is 5.91 Å². The molecule has 1 aromatic rings. The van der Waals surface area contributed by atoms with Gasteiger partial charge >= 0.3 is 0 Å². The first-order valence-corrected chi connectivity index (χ1v) is 6.95. The average Bonchev–Trinajstić information content (AvgIpc) is 3.09. The van der Waals surface area contributed by atoms with Crippen LogP contribution in [0, 0.1) is 5.41 Å². The van der Waals surface area contributed by atoms with Crippen molar-refractivity contribution in [2.45, 2.75) is 24.2 Å². The van der Waals surface area contributed by atoms with Crippen LogP contribution < -0.4 is 11.1 Å². The summed E-state index contributed by atoms with van der Waals surface area (Å²) in [5.74, 6) is 0.624. The number of nitrogens with one attached hydrogen (secondary N) is 1. The zero-order valence-corrected chi connectivity index (χ0v) is 10.5. The standard InChI is InChI=1S/C13H16N2OS/c14-8-13(3-4-13)6-9-1-2-11-10(5-9)15-12(16)7-17-11/h1-2,5H,3-4,6-8,14H2,(H,15,16). The highest BCUT2D eigenvalue weighted by Gasteiger charge is 2.41. The highest BCUT2D eigenvalue weighted by Crippen LogP contribution is 2.47. The third-order valence-electron chi connectivity index (χ3n) is 3.65. The van der Waals surface area contributed by atoms with Crippen molar-refractivity contribution < 1.29 is 4.79 Å². The fourth-order valence-electron chi connectivity index (χ4n) is 2.30. The van der Waals surface area contributed by atoms with Crippen LogP contribution in [0.5, 0.6) is 0 Å². The summed E-state index contributed by atoms with van der Waals surface area (Å²) in [6, 6.07) is 6.38. The number of carbonyl (C=O) groups is 1. The molecule has 1 amide bonds. The molecule has 1 heterocycles. The molecule has 0 atom stereocenters. The number of hydrogen-bond acceptors (Lipinski definition) is 3. The molecular weight excluding hydrogens is 232 g/mol. The van der Waals surface area contributed by atoms with Gasteiger partial charge in [-0.2, -0.15) is 0 Å². The van der Waals surface area contributed by atoms with E-state index in [0.717, 1.165) is 18.7 Å². The van der Waals surface area contributed by atoms with E-state index >= 15 is 0 Å². The van der Waals surface area contributed by atoms with Crippen molar-refractivity contribution >= 4 is 23.4 Å². The molecule has 4 heteroatoms. The number of hydrogen-bond donors (Lipinski definition) is 2. The molecule has 1 aliphatic heterocycles. The fraction of sp³-hybridized carbons (Fsp3) is 0.462. The minimum Gasteiger partial charge on any atom is -0.330 e. The zero-order valence-electron chi connectivity index (χ0n) is 9.66. The number of thioether (sulfide) groups is 1. The summed E-state index contributed by atoms with van der Waals surface area (Å²) in [7, 11) is 0. The Hall–Kier alpha value is -1.000. The summed E-state index contributed by atoms with van der Waals surface area (Å²) < 4.78 is 0. The first-order chi connectivity index (χ1) is 8.21. The number of amides is 1. The van der Waals surface area contributed by atoms with Crippen LogP contribution in [-0.4, -0.2) is 18.2 Å². The van der Waals surface area contributed by atoms with Crippen LogP contribution in [0.15, 0.2) is 23.1 Å². The Kier molecular flexibility index (Phi) is 2.64. The summed E-state index contributed by atoms with van der Waals surface area (Å²) in [6.45, 7) is 0.769. The van der Waals surface area contributed by atoms with Gasteiger partial charge in [0.25, 0.3) is 0 Å². The van der Waals surface area contributed by atoms with Crippen LogP contribution >= 0.6 is 11.8 Å². The molecule has 90 valence electrons. The largest absolute Gasteiger partial charge is 0.330 e. The fourth-order valence-corrected chi connectivity index (χ4v) is 3.09. The van der Waals surface area contributed by atoms with E-state index in [1.54, 1.807) is 11.8 Å². The molecule has 1 fully saturated rings. The lowest BCUT2D eigenvalue weighted by Crippen LogP contribution is -2.20. The van der Waals surface area contributed by atoms with Crippen LogP contribution in [0.4, 0.5) is 5.69 Å². The van der Waals surface area contributed by atoms with E-state index in [9.17, 15) is 4.79 Å². The minimum atomic E-state index is 0.0969.